The van der Waals surface area contributed by atoms with Gasteiger partial charge in [0.25, 0.3) is 6.20 Å². The van der Waals surface area contributed by atoms with Crippen LogP contribution in [0.15, 0.2) is 40.0 Å². The molecule has 0 aliphatic rings. The minimum absolute atomic E-state index is 0.00852. The first kappa shape index (κ1) is 20.8. The van der Waals surface area contributed by atoms with E-state index in [9.17, 15) is 15.3 Å². The van der Waals surface area contributed by atoms with E-state index in [1.807, 2.05) is 44.2 Å². The Bertz CT molecular complexity index is 1170. The summed E-state index contributed by atoms with van der Waals surface area (Å²) in [6.07, 6.45) is 1.57. The van der Waals surface area contributed by atoms with E-state index >= 15 is 0 Å². The number of thioether (sulfide) groups is 1. The molecule has 0 fully saturated rings. The summed E-state index contributed by atoms with van der Waals surface area (Å²) >= 11 is 1.05. The Morgan fingerprint density at radius 2 is 1.97 bits per heavy atom. The van der Waals surface area contributed by atoms with Crippen molar-refractivity contribution in [2.45, 2.75) is 25.4 Å². The fourth-order valence-corrected chi connectivity index (χ4v) is 3.50. The Balaban J connectivity index is 1.89. The zero-order valence-electron chi connectivity index (χ0n) is 16.3. The van der Waals surface area contributed by atoms with Crippen LogP contribution >= 0.6 is 11.8 Å². The van der Waals surface area contributed by atoms with Crippen LogP contribution in [0.1, 0.15) is 23.6 Å². The lowest BCUT2D eigenvalue weighted by Gasteiger charge is -2.13. The van der Waals surface area contributed by atoms with Gasteiger partial charge in [-0.15, -0.1) is 0 Å². The van der Waals surface area contributed by atoms with Gasteiger partial charge in [-0.1, -0.05) is 46.3 Å². The van der Waals surface area contributed by atoms with E-state index in [-0.39, 0.29) is 39.5 Å². The lowest BCUT2D eigenvalue weighted by molar-refractivity contribution is -0.759. The van der Waals surface area contributed by atoms with Gasteiger partial charge >= 0.3 is 5.88 Å². The largest absolute Gasteiger partial charge is 0.383 e. The number of anilines is 2. The van der Waals surface area contributed by atoms with Crippen LogP contribution in [0.3, 0.4) is 0 Å². The molecule has 10 heteroatoms. The van der Waals surface area contributed by atoms with E-state index in [1.54, 1.807) is 6.20 Å². The van der Waals surface area contributed by atoms with Crippen molar-refractivity contribution in [3.63, 3.8) is 0 Å². The third-order valence-corrected chi connectivity index (χ3v) is 5.17. The average molecular weight is 420 g/mol. The van der Waals surface area contributed by atoms with Gasteiger partial charge in [0.2, 0.25) is 11.2 Å². The maximum absolute atomic E-state index is 12.3. The third kappa shape index (κ3) is 4.40. The van der Waals surface area contributed by atoms with E-state index in [1.165, 1.54) is 4.68 Å². The van der Waals surface area contributed by atoms with Crippen LogP contribution in [-0.2, 0) is 11.3 Å². The van der Waals surface area contributed by atoms with Gasteiger partial charge in [-0.3, -0.25) is 14.6 Å². The van der Waals surface area contributed by atoms with Gasteiger partial charge in [0.1, 0.15) is 28.5 Å². The second-order valence-electron chi connectivity index (χ2n) is 6.28. The second kappa shape index (κ2) is 9.07. The van der Waals surface area contributed by atoms with Gasteiger partial charge in [0.05, 0.1) is 11.3 Å². The zero-order valence-corrected chi connectivity index (χ0v) is 17.2. The molecule has 0 unspecified atom stereocenters. The van der Waals surface area contributed by atoms with Gasteiger partial charge < -0.3 is 5.73 Å². The first-order chi connectivity index (χ1) is 14.5. The number of pyridine rings is 1. The van der Waals surface area contributed by atoms with Crippen LogP contribution < -0.4 is 15.7 Å². The zero-order chi connectivity index (χ0) is 21.7. The number of nitriles is 2. The van der Waals surface area contributed by atoms with Crippen LogP contribution in [0.4, 0.5) is 11.7 Å². The maximum atomic E-state index is 12.3. The molecule has 3 N–H and O–H groups in total. The van der Waals surface area contributed by atoms with Crippen molar-refractivity contribution in [2.24, 2.45) is 0 Å². The lowest BCUT2D eigenvalue weighted by Crippen LogP contribution is -2.32. The van der Waals surface area contributed by atoms with Crippen LogP contribution in [0, 0.1) is 29.6 Å². The number of amides is 1. The van der Waals surface area contributed by atoms with Crippen LogP contribution in [-0.4, -0.2) is 21.9 Å². The number of benzene rings is 1. The minimum atomic E-state index is -0.357. The number of aromatic nitrogens is 3. The van der Waals surface area contributed by atoms with Gasteiger partial charge in [-0.25, -0.2) is 4.98 Å². The molecule has 1 amide bonds. The molecule has 2 aromatic heterocycles. The third-order valence-electron chi connectivity index (χ3n) is 4.19. The monoisotopic (exact) mass is 420 g/mol. The first-order valence-electron chi connectivity index (χ1n) is 8.96. The van der Waals surface area contributed by atoms with Crippen molar-refractivity contribution in [1.29, 1.82) is 10.5 Å². The number of nitrogens with one attached hydrogen (secondary N) is 1. The number of nitrogen functional groups attached to an aromatic ring is 1. The number of carbonyl (C=O) groups is 1. The Morgan fingerprint density at radius 1 is 1.27 bits per heavy atom. The van der Waals surface area contributed by atoms with Crippen molar-refractivity contribution >= 4 is 29.4 Å². The van der Waals surface area contributed by atoms with E-state index in [2.05, 4.69) is 21.6 Å². The molecule has 3 rings (SSSR count). The number of nitrogens with two attached hydrogens (primary N) is 1. The predicted molar refractivity (Wildman–Crippen MR) is 110 cm³/mol. The molecule has 30 heavy (non-hydrogen) atoms. The molecule has 0 saturated heterocycles. The molecular weight excluding hydrogens is 402 g/mol. The summed E-state index contributed by atoms with van der Waals surface area (Å²) in [6.45, 7) is 4.44. The molecule has 1 aromatic carbocycles. The highest BCUT2D eigenvalue weighted by Gasteiger charge is 2.21. The summed E-state index contributed by atoms with van der Waals surface area (Å²) < 4.78 is 6.54. The average Bonchev–Trinajstić information content (AvgIpc) is 3.19. The Hall–Kier alpha value is -3.89. The van der Waals surface area contributed by atoms with E-state index in [0.717, 1.165) is 17.3 Å². The number of rotatable bonds is 6. The molecule has 0 aliphatic carbocycles. The number of hydrogen-bond acceptors (Lipinski definition) is 8. The van der Waals surface area contributed by atoms with Crippen molar-refractivity contribution < 1.29 is 14.0 Å². The van der Waals surface area contributed by atoms with Crippen molar-refractivity contribution in [1.82, 2.24) is 10.3 Å². The fraction of sp³-hybridized carbons (Fsp3) is 0.200. The molecule has 0 radical (unpaired) electrons. The molecule has 0 bridgehead atoms. The van der Waals surface area contributed by atoms with E-state index in [4.69, 9.17) is 10.3 Å². The Kier molecular flexibility index (Phi) is 6.30. The highest BCUT2D eigenvalue weighted by molar-refractivity contribution is 8.00. The number of aryl methyl sites for hydroxylation is 2. The molecule has 0 spiro atoms. The smallest absolute Gasteiger partial charge is 0.302 e. The minimum Gasteiger partial charge on any atom is -0.383 e. The highest BCUT2D eigenvalue weighted by Crippen LogP contribution is 2.35. The quantitative estimate of drug-likeness (QED) is 0.457. The predicted octanol–water partition coefficient (Wildman–Crippen LogP) is 2.41. The summed E-state index contributed by atoms with van der Waals surface area (Å²) in [5.41, 5.74) is 8.46. The fourth-order valence-electron chi connectivity index (χ4n) is 2.70. The summed E-state index contributed by atoms with van der Waals surface area (Å²) in [7, 11) is 0. The maximum Gasteiger partial charge on any atom is 0.302 e. The van der Waals surface area contributed by atoms with Crippen LogP contribution in [0.25, 0.3) is 11.1 Å². The summed E-state index contributed by atoms with van der Waals surface area (Å²) in [6, 6.07) is 11.6. The van der Waals surface area contributed by atoms with Gasteiger partial charge in [-0.2, -0.15) is 10.5 Å². The molecule has 0 saturated carbocycles. The molecular formula is C20H18N7O2S+. The normalized spacial score (nSPS) is 10.3. The molecule has 3 aromatic rings. The van der Waals surface area contributed by atoms with E-state index < -0.39 is 0 Å². The van der Waals surface area contributed by atoms with Crippen molar-refractivity contribution in [2.75, 3.05) is 16.8 Å². The summed E-state index contributed by atoms with van der Waals surface area (Å²) in [5, 5.41) is 25.9. The standard InChI is InChI=1S/C20H17N7O2S/c1-3-27-10-17(29-26-27)24-16(28)11-30-20-15(9-22)18(14(8-21)19(23)25-20)13-6-4-12(2)5-7-13/h4-7,10H,3,11H2,1-2H3,(H2-,23,24,25,26,28)/p+1. The Labute approximate surface area is 177 Å². The van der Waals surface area contributed by atoms with E-state index in [0.29, 0.717) is 17.7 Å². The SMILES string of the molecule is CC[n+]1cc(NC(=O)CSc2nc(N)c(C#N)c(-c3ccc(C)cc3)c2C#N)on1. The lowest BCUT2D eigenvalue weighted by atomic mass is 9.96. The van der Waals surface area contributed by atoms with Crippen LogP contribution in [0.2, 0.25) is 0 Å². The van der Waals surface area contributed by atoms with Gasteiger partial charge in [0.15, 0.2) is 6.54 Å². The molecule has 2 heterocycles. The molecule has 0 aliphatic heterocycles. The summed E-state index contributed by atoms with van der Waals surface area (Å²) in [4.78, 5) is 16.5. The first-order valence-corrected chi connectivity index (χ1v) is 9.95. The molecule has 0 atom stereocenters. The second-order valence-corrected chi connectivity index (χ2v) is 7.24. The van der Waals surface area contributed by atoms with Gasteiger partial charge in [-0.05, 0) is 19.4 Å². The Morgan fingerprint density at radius 3 is 2.57 bits per heavy atom. The molecule has 150 valence electrons. The number of carbonyl (C=O) groups excluding carboxylic acids is 1. The van der Waals surface area contributed by atoms with Crippen molar-refractivity contribution in [3.05, 3.63) is 47.2 Å². The molecule has 9 nitrogen and oxygen atoms in total. The van der Waals surface area contributed by atoms with Gasteiger partial charge in [0, 0.05) is 5.56 Å². The van der Waals surface area contributed by atoms with Crippen molar-refractivity contribution in [3.8, 4) is 23.3 Å². The number of hydrogen-bond donors (Lipinski definition) is 2. The number of nitrogens with zero attached hydrogens (tertiary/aromatic N) is 5. The van der Waals surface area contributed by atoms with Crippen LogP contribution in [0.5, 0.6) is 0 Å². The topological polar surface area (TPSA) is 146 Å². The highest BCUT2D eigenvalue weighted by atomic mass is 32.2. The summed E-state index contributed by atoms with van der Waals surface area (Å²) in [5.74, 6) is -0.164.